The summed E-state index contributed by atoms with van der Waals surface area (Å²) in [5.41, 5.74) is 7.64. The monoisotopic (exact) mass is 243 g/mol. The molecule has 94 valence electrons. The number of rotatable bonds is 3. The van der Waals surface area contributed by atoms with Gasteiger partial charge in [0.2, 0.25) is 0 Å². The van der Waals surface area contributed by atoms with Crippen molar-refractivity contribution < 1.29 is 4.52 Å². The van der Waals surface area contributed by atoms with Gasteiger partial charge in [-0.2, -0.15) is 4.98 Å². The first-order valence-corrected chi connectivity index (χ1v) is 6.50. The molecule has 1 saturated carbocycles. The summed E-state index contributed by atoms with van der Waals surface area (Å²) < 4.78 is 5.34. The van der Waals surface area contributed by atoms with Crippen LogP contribution in [0.4, 0.5) is 0 Å². The van der Waals surface area contributed by atoms with Crippen molar-refractivity contribution in [2.24, 2.45) is 5.73 Å². The quantitative estimate of drug-likeness (QED) is 0.900. The Hall–Kier alpha value is -1.68. The van der Waals surface area contributed by atoms with Gasteiger partial charge in [-0.15, -0.1) is 0 Å². The molecule has 1 aliphatic rings. The lowest BCUT2D eigenvalue weighted by molar-refractivity contribution is 0.416. The van der Waals surface area contributed by atoms with Gasteiger partial charge in [0.15, 0.2) is 5.82 Å². The van der Waals surface area contributed by atoms with Crippen LogP contribution in [0.1, 0.15) is 43.0 Å². The highest BCUT2D eigenvalue weighted by molar-refractivity contribution is 5.53. The number of aromatic nitrogens is 2. The molecule has 1 heterocycles. The summed E-state index contributed by atoms with van der Waals surface area (Å²) in [7, 11) is 0. The topological polar surface area (TPSA) is 64.9 Å². The molecular formula is C14H17N3O. The van der Waals surface area contributed by atoms with Crippen molar-refractivity contribution in [1.82, 2.24) is 10.1 Å². The standard InChI is InChI=1S/C14H17N3O/c15-9-10-5-7-12(8-6-10)14-16-13(17-18-14)11-3-1-2-4-11/h5-8,11H,1-4,9,15H2. The summed E-state index contributed by atoms with van der Waals surface area (Å²) in [4.78, 5) is 4.51. The van der Waals surface area contributed by atoms with Gasteiger partial charge in [-0.3, -0.25) is 0 Å². The van der Waals surface area contributed by atoms with Gasteiger partial charge in [-0.1, -0.05) is 30.1 Å². The average Bonchev–Trinajstić information content (AvgIpc) is 3.09. The predicted octanol–water partition coefficient (Wildman–Crippen LogP) is 2.85. The highest BCUT2D eigenvalue weighted by atomic mass is 16.5. The van der Waals surface area contributed by atoms with Crippen molar-refractivity contribution in [3.8, 4) is 11.5 Å². The van der Waals surface area contributed by atoms with Crippen molar-refractivity contribution >= 4 is 0 Å². The smallest absolute Gasteiger partial charge is 0.257 e. The second-order valence-corrected chi connectivity index (χ2v) is 4.84. The van der Waals surface area contributed by atoms with Crippen LogP contribution in [0.15, 0.2) is 28.8 Å². The fourth-order valence-corrected chi connectivity index (χ4v) is 2.49. The maximum Gasteiger partial charge on any atom is 0.257 e. The molecule has 4 heteroatoms. The molecule has 3 rings (SSSR count). The van der Waals surface area contributed by atoms with Crippen LogP contribution in [-0.2, 0) is 6.54 Å². The SMILES string of the molecule is NCc1ccc(-c2nc(C3CCCC3)no2)cc1. The predicted molar refractivity (Wildman–Crippen MR) is 68.8 cm³/mol. The molecule has 0 bridgehead atoms. The Morgan fingerprint density at radius 2 is 1.89 bits per heavy atom. The van der Waals surface area contributed by atoms with Gasteiger partial charge in [-0.25, -0.2) is 0 Å². The van der Waals surface area contributed by atoms with E-state index in [0.29, 0.717) is 18.4 Å². The van der Waals surface area contributed by atoms with Crippen LogP contribution < -0.4 is 5.73 Å². The molecule has 0 aliphatic heterocycles. The zero-order valence-electron chi connectivity index (χ0n) is 10.3. The van der Waals surface area contributed by atoms with E-state index in [1.807, 2.05) is 24.3 Å². The minimum atomic E-state index is 0.491. The molecule has 2 N–H and O–H groups in total. The molecule has 0 spiro atoms. The van der Waals surface area contributed by atoms with E-state index >= 15 is 0 Å². The van der Waals surface area contributed by atoms with E-state index in [0.717, 1.165) is 17.0 Å². The number of benzene rings is 1. The second kappa shape index (κ2) is 4.90. The largest absolute Gasteiger partial charge is 0.334 e. The number of nitrogens with zero attached hydrogens (tertiary/aromatic N) is 2. The minimum absolute atomic E-state index is 0.491. The molecule has 1 aliphatic carbocycles. The summed E-state index contributed by atoms with van der Waals surface area (Å²) in [6, 6.07) is 7.95. The Kier molecular flexibility index (Phi) is 3.11. The maximum atomic E-state index is 5.57. The minimum Gasteiger partial charge on any atom is -0.334 e. The number of nitrogens with two attached hydrogens (primary N) is 1. The van der Waals surface area contributed by atoms with E-state index in [-0.39, 0.29) is 0 Å². The summed E-state index contributed by atoms with van der Waals surface area (Å²) in [6.07, 6.45) is 4.93. The van der Waals surface area contributed by atoms with Gasteiger partial charge >= 0.3 is 0 Å². The summed E-state index contributed by atoms with van der Waals surface area (Å²) in [5.74, 6) is 1.97. The third-order valence-electron chi connectivity index (χ3n) is 3.60. The molecule has 0 saturated heterocycles. The Bertz CT molecular complexity index is 512. The van der Waals surface area contributed by atoms with E-state index in [1.165, 1.54) is 25.7 Å². The van der Waals surface area contributed by atoms with Crippen LogP contribution in [0.3, 0.4) is 0 Å². The van der Waals surface area contributed by atoms with Gasteiger partial charge < -0.3 is 10.3 Å². The third kappa shape index (κ3) is 2.16. The molecular weight excluding hydrogens is 226 g/mol. The molecule has 0 radical (unpaired) electrons. The number of hydrogen-bond donors (Lipinski definition) is 1. The van der Waals surface area contributed by atoms with E-state index in [9.17, 15) is 0 Å². The first kappa shape index (κ1) is 11.4. The zero-order chi connectivity index (χ0) is 12.4. The van der Waals surface area contributed by atoms with E-state index in [4.69, 9.17) is 10.3 Å². The highest BCUT2D eigenvalue weighted by Crippen LogP contribution is 2.33. The fourth-order valence-electron chi connectivity index (χ4n) is 2.49. The van der Waals surface area contributed by atoms with Crippen molar-refractivity contribution in [2.75, 3.05) is 0 Å². The van der Waals surface area contributed by atoms with Gasteiger partial charge in [0.1, 0.15) is 0 Å². The van der Waals surface area contributed by atoms with E-state index < -0.39 is 0 Å². The van der Waals surface area contributed by atoms with Gasteiger partial charge in [0, 0.05) is 18.0 Å². The first-order chi connectivity index (χ1) is 8.86. The summed E-state index contributed by atoms with van der Waals surface area (Å²) in [5, 5.41) is 4.11. The van der Waals surface area contributed by atoms with Gasteiger partial charge in [0.25, 0.3) is 5.89 Å². The van der Waals surface area contributed by atoms with Crippen LogP contribution >= 0.6 is 0 Å². The van der Waals surface area contributed by atoms with E-state index in [1.54, 1.807) is 0 Å². The van der Waals surface area contributed by atoms with Gasteiger partial charge in [0.05, 0.1) is 0 Å². The van der Waals surface area contributed by atoms with Gasteiger partial charge in [-0.05, 0) is 30.5 Å². The van der Waals surface area contributed by atoms with Crippen LogP contribution in [0.25, 0.3) is 11.5 Å². The molecule has 0 unspecified atom stereocenters. The lowest BCUT2D eigenvalue weighted by atomic mass is 10.1. The molecule has 18 heavy (non-hydrogen) atoms. The maximum absolute atomic E-state index is 5.57. The normalized spacial score (nSPS) is 16.3. The molecule has 4 nitrogen and oxygen atoms in total. The molecule has 0 atom stereocenters. The Morgan fingerprint density at radius 1 is 1.17 bits per heavy atom. The zero-order valence-corrected chi connectivity index (χ0v) is 10.3. The van der Waals surface area contributed by atoms with Crippen LogP contribution in [0, 0.1) is 0 Å². The fraction of sp³-hybridized carbons (Fsp3) is 0.429. The van der Waals surface area contributed by atoms with Crippen LogP contribution in [0.2, 0.25) is 0 Å². The second-order valence-electron chi connectivity index (χ2n) is 4.84. The molecule has 1 aromatic heterocycles. The molecule has 2 aromatic rings. The van der Waals surface area contributed by atoms with Crippen LogP contribution in [-0.4, -0.2) is 10.1 Å². The Labute approximate surface area is 106 Å². The van der Waals surface area contributed by atoms with Crippen molar-refractivity contribution in [3.05, 3.63) is 35.7 Å². The third-order valence-corrected chi connectivity index (χ3v) is 3.60. The van der Waals surface area contributed by atoms with E-state index in [2.05, 4.69) is 10.1 Å². The molecule has 0 amide bonds. The lowest BCUT2D eigenvalue weighted by Crippen LogP contribution is -1.95. The molecule has 1 aromatic carbocycles. The lowest BCUT2D eigenvalue weighted by Gasteiger charge is -2.00. The average molecular weight is 243 g/mol. The Balaban J connectivity index is 1.82. The van der Waals surface area contributed by atoms with Crippen LogP contribution in [0.5, 0.6) is 0 Å². The summed E-state index contributed by atoms with van der Waals surface area (Å²) in [6.45, 7) is 0.553. The Morgan fingerprint density at radius 3 is 2.56 bits per heavy atom. The number of hydrogen-bond acceptors (Lipinski definition) is 4. The van der Waals surface area contributed by atoms with Crippen molar-refractivity contribution in [2.45, 2.75) is 38.1 Å². The molecule has 1 fully saturated rings. The van der Waals surface area contributed by atoms with Crippen molar-refractivity contribution in [3.63, 3.8) is 0 Å². The summed E-state index contributed by atoms with van der Waals surface area (Å²) >= 11 is 0. The first-order valence-electron chi connectivity index (χ1n) is 6.50. The highest BCUT2D eigenvalue weighted by Gasteiger charge is 2.22. The van der Waals surface area contributed by atoms with Crippen molar-refractivity contribution in [1.29, 1.82) is 0 Å².